The predicted octanol–water partition coefficient (Wildman–Crippen LogP) is 4.77. The SMILES string of the molecule is COc1ccc(-c2nnc(SCC(=O)N/N=C/c3ccc(OC(C)=O)c(OC)c3)n2-c2ccc(Cl)cc2)cc1. The predicted molar refractivity (Wildman–Crippen MR) is 149 cm³/mol. The molecular formula is C27H24ClN5O5S. The average Bonchev–Trinajstić information content (AvgIpc) is 3.36. The summed E-state index contributed by atoms with van der Waals surface area (Å²) in [4.78, 5) is 23.7. The number of hydrazone groups is 1. The van der Waals surface area contributed by atoms with Crippen molar-refractivity contribution in [3.63, 3.8) is 0 Å². The molecule has 0 saturated heterocycles. The lowest BCUT2D eigenvalue weighted by molar-refractivity contribution is -0.132. The van der Waals surface area contributed by atoms with Crippen molar-refractivity contribution >= 4 is 41.5 Å². The Morgan fingerprint density at radius 2 is 1.74 bits per heavy atom. The highest BCUT2D eigenvalue weighted by Crippen LogP contribution is 2.30. The highest BCUT2D eigenvalue weighted by atomic mass is 35.5. The lowest BCUT2D eigenvalue weighted by atomic mass is 10.2. The fraction of sp³-hybridized carbons (Fsp3) is 0.148. The number of nitrogens with one attached hydrogen (secondary N) is 1. The second-order valence-electron chi connectivity index (χ2n) is 7.93. The quantitative estimate of drug-likeness (QED) is 0.0960. The Balaban J connectivity index is 1.46. The molecule has 0 saturated carbocycles. The van der Waals surface area contributed by atoms with Crippen molar-refractivity contribution in [3.05, 3.63) is 77.3 Å². The van der Waals surface area contributed by atoms with E-state index in [4.69, 9.17) is 25.8 Å². The van der Waals surface area contributed by atoms with E-state index in [9.17, 15) is 9.59 Å². The number of ether oxygens (including phenoxy) is 3. The normalized spacial score (nSPS) is 10.9. The second-order valence-corrected chi connectivity index (χ2v) is 9.31. The van der Waals surface area contributed by atoms with Crippen LogP contribution in [0.5, 0.6) is 17.2 Å². The van der Waals surface area contributed by atoms with Crippen LogP contribution >= 0.6 is 23.4 Å². The number of methoxy groups -OCH3 is 2. The van der Waals surface area contributed by atoms with E-state index in [1.54, 1.807) is 37.4 Å². The summed E-state index contributed by atoms with van der Waals surface area (Å²) in [5.74, 6) is 1.24. The number of rotatable bonds is 10. The van der Waals surface area contributed by atoms with E-state index >= 15 is 0 Å². The molecule has 0 radical (unpaired) electrons. The maximum atomic E-state index is 12.5. The van der Waals surface area contributed by atoms with Crippen molar-refractivity contribution in [2.75, 3.05) is 20.0 Å². The number of hydrogen-bond donors (Lipinski definition) is 1. The Hall–Kier alpha value is -4.35. The Morgan fingerprint density at radius 3 is 2.41 bits per heavy atom. The van der Waals surface area contributed by atoms with Crippen LogP contribution in [-0.2, 0) is 9.59 Å². The third kappa shape index (κ3) is 7.15. The molecule has 0 aliphatic carbocycles. The summed E-state index contributed by atoms with van der Waals surface area (Å²) in [6.45, 7) is 1.31. The van der Waals surface area contributed by atoms with Crippen molar-refractivity contribution in [2.45, 2.75) is 12.1 Å². The molecule has 4 aromatic rings. The van der Waals surface area contributed by atoms with E-state index in [0.29, 0.717) is 33.1 Å². The number of carbonyl (C=O) groups excluding carboxylic acids is 2. The van der Waals surface area contributed by atoms with Gasteiger partial charge in [0.1, 0.15) is 5.75 Å². The van der Waals surface area contributed by atoms with Crippen LogP contribution in [0.2, 0.25) is 5.02 Å². The Bertz CT molecular complexity index is 1490. The molecule has 4 rings (SSSR count). The van der Waals surface area contributed by atoms with Gasteiger partial charge >= 0.3 is 5.97 Å². The number of carbonyl (C=O) groups is 2. The maximum absolute atomic E-state index is 12.5. The standard InChI is InChI=1S/C27H24ClN5O5S/c1-17(34)38-23-13-4-18(14-24(23)37-3)15-29-30-25(35)16-39-27-32-31-26(19-5-11-22(36-2)12-6-19)33(27)21-9-7-20(28)8-10-21/h4-15H,16H2,1-3H3,(H,30,35)/b29-15+. The first-order chi connectivity index (χ1) is 18.9. The molecule has 0 fully saturated rings. The van der Waals surface area contributed by atoms with Gasteiger partial charge in [0, 0.05) is 23.2 Å². The number of benzene rings is 3. The van der Waals surface area contributed by atoms with Crippen molar-refractivity contribution in [1.82, 2.24) is 20.2 Å². The minimum Gasteiger partial charge on any atom is -0.497 e. The van der Waals surface area contributed by atoms with Crippen LogP contribution in [0.15, 0.2) is 77.0 Å². The van der Waals surface area contributed by atoms with E-state index in [2.05, 4.69) is 20.7 Å². The zero-order valence-corrected chi connectivity index (χ0v) is 22.8. The average molecular weight is 566 g/mol. The molecule has 0 spiro atoms. The summed E-state index contributed by atoms with van der Waals surface area (Å²) in [5, 5.41) is 13.8. The summed E-state index contributed by atoms with van der Waals surface area (Å²) >= 11 is 7.30. The molecule has 10 nitrogen and oxygen atoms in total. The van der Waals surface area contributed by atoms with E-state index < -0.39 is 5.97 Å². The van der Waals surface area contributed by atoms with E-state index in [1.165, 1.54) is 32.0 Å². The largest absolute Gasteiger partial charge is 0.497 e. The molecule has 0 unspecified atom stereocenters. The van der Waals surface area contributed by atoms with Crippen LogP contribution in [0.25, 0.3) is 17.1 Å². The number of nitrogens with zero attached hydrogens (tertiary/aromatic N) is 4. The monoisotopic (exact) mass is 565 g/mol. The van der Waals surface area contributed by atoms with E-state index in [1.807, 2.05) is 41.0 Å². The van der Waals surface area contributed by atoms with Crippen molar-refractivity contribution in [3.8, 4) is 34.3 Å². The van der Waals surface area contributed by atoms with Gasteiger partial charge in [-0.1, -0.05) is 23.4 Å². The first kappa shape index (κ1) is 27.7. The summed E-state index contributed by atoms with van der Waals surface area (Å²) in [6.07, 6.45) is 1.46. The van der Waals surface area contributed by atoms with Crippen molar-refractivity contribution in [1.29, 1.82) is 0 Å². The minimum absolute atomic E-state index is 0.0420. The Labute approximate surface area is 233 Å². The van der Waals surface area contributed by atoms with Crippen LogP contribution in [0.1, 0.15) is 12.5 Å². The van der Waals surface area contributed by atoms with Crippen molar-refractivity contribution in [2.24, 2.45) is 5.10 Å². The molecule has 12 heteroatoms. The van der Waals surface area contributed by atoms with Gasteiger partial charge in [0.25, 0.3) is 5.91 Å². The summed E-state index contributed by atoms with van der Waals surface area (Å²) in [6, 6.07) is 19.6. The summed E-state index contributed by atoms with van der Waals surface area (Å²) in [5.41, 5.74) is 4.76. The maximum Gasteiger partial charge on any atom is 0.308 e. The van der Waals surface area contributed by atoms with Crippen molar-refractivity contribution < 1.29 is 23.8 Å². The summed E-state index contributed by atoms with van der Waals surface area (Å²) < 4.78 is 17.4. The number of esters is 1. The molecule has 39 heavy (non-hydrogen) atoms. The molecule has 1 aromatic heterocycles. The van der Waals surface area contributed by atoms with Crippen LogP contribution in [-0.4, -0.2) is 52.8 Å². The highest BCUT2D eigenvalue weighted by Gasteiger charge is 2.17. The van der Waals surface area contributed by atoms with Gasteiger partial charge in [-0.05, 0) is 72.3 Å². The molecule has 200 valence electrons. The second kappa shape index (κ2) is 12.9. The molecule has 1 heterocycles. The lowest BCUT2D eigenvalue weighted by Crippen LogP contribution is -2.20. The molecule has 0 aliphatic rings. The molecule has 0 atom stereocenters. The zero-order valence-electron chi connectivity index (χ0n) is 21.3. The lowest BCUT2D eigenvalue weighted by Gasteiger charge is -2.11. The van der Waals surface area contributed by atoms with Gasteiger partial charge in [-0.3, -0.25) is 14.2 Å². The molecule has 0 bridgehead atoms. The fourth-order valence-electron chi connectivity index (χ4n) is 3.46. The first-order valence-corrected chi connectivity index (χ1v) is 12.9. The third-order valence-corrected chi connectivity index (χ3v) is 6.42. The molecule has 1 amide bonds. The topological polar surface area (TPSA) is 117 Å². The smallest absolute Gasteiger partial charge is 0.308 e. The van der Waals surface area contributed by atoms with Crippen LogP contribution in [0, 0.1) is 0 Å². The van der Waals surface area contributed by atoms with Crippen LogP contribution in [0.4, 0.5) is 0 Å². The van der Waals surface area contributed by atoms with E-state index in [-0.39, 0.29) is 11.7 Å². The number of amides is 1. The van der Waals surface area contributed by atoms with Crippen LogP contribution in [0.3, 0.4) is 0 Å². The number of hydrogen-bond acceptors (Lipinski definition) is 9. The number of halogens is 1. The van der Waals surface area contributed by atoms with Crippen LogP contribution < -0.4 is 19.6 Å². The summed E-state index contributed by atoms with van der Waals surface area (Å²) in [7, 11) is 3.07. The Morgan fingerprint density at radius 1 is 1.00 bits per heavy atom. The number of aromatic nitrogens is 3. The van der Waals surface area contributed by atoms with Gasteiger partial charge < -0.3 is 14.2 Å². The molecule has 0 aliphatic heterocycles. The van der Waals surface area contributed by atoms with Gasteiger partial charge in [0.2, 0.25) is 0 Å². The third-order valence-electron chi connectivity index (χ3n) is 5.24. The fourth-order valence-corrected chi connectivity index (χ4v) is 4.33. The zero-order chi connectivity index (χ0) is 27.8. The van der Waals surface area contributed by atoms with Gasteiger partial charge in [0.15, 0.2) is 22.5 Å². The first-order valence-electron chi connectivity index (χ1n) is 11.5. The van der Waals surface area contributed by atoms with Gasteiger partial charge in [-0.25, -0.2) is 5.43 Å². The molecule has 1 N–H and O–H groups in total. The molecule has 3 aromatic carbocycles. The number of thioether (sulfide) groups is 1. The van der Waals surface area contributed by atoms with Gasteiger partial charge in [-0.2, -0.15) is 5.10 Å². The van der Waals surface area contributed by atoms with E-state index in [0.717, 1.165) is 17.0 Å². The minimum atomic E-state index is -0.456. The van der Waals surface area contributed by atoms with Gasteiger partial charge in [0.05, 0.1) is 26.2 Å². The Kier molecular flexibility index (Phi) is 9.18. The van der Waals surface area contributed by atoms with Gasteiger partial charge in [-0.15, -0.1) is 10.2 Å². The molecular weight excluding hydrogens is 542 g/mol. The highest BCUT2D eigenvalue weighted by molar-refractivity contribution is 7.99.